The molecule has 0 bridgehead atoms. The van der Waals surface area contributed by atoms with Gasteiger partial charge in [0, 0.05) is 13.1 Å². The number of amides is 1. The number of aliphatic hydroxyl groups excluding tert-OH is 1. The summed E-state index contributed by atoms with van der Waals surface area (Å²) in [5, 5.41) is 17.6. The summed E-state index contributed by atoms with van der Waals surface area (Å²) in [6.07, 6.45) is 2.03. The standard InChI is InChI=1S/C27H39N3O5S/c1-20(2)18-30(36(33,34)23-14-12-22(35-3)13-15-23)19-26(31)25(17-21-9-5-4-6-10-21)29-27(32)24-11-7-8-16-28-24/h4-6,9-10,12-15,20,24-26,28,31H,7-8,11,16-19H2,1-3H3,(H,29,32)/t24-,25-,26+/m0/s1. The van der Waals surface area contributed by atoms with E-state index in [1.54, 1.807) is 12.1 Å². The first kappa shape index (κ1) is 28.1. The molecule has 2 aromatic carbocycles. The third-order valence-electron chi connectivity index (χ3n) is 6.37. The number of hydrogen-bond acceptors (Lipinski definition) is 6. The zero-order valence-electron chi connectivity index (χ0n) is 21.4. The van der Waals surface area contributed by atoms with E-state index < -0.39 is 22.2 Å². The van der Waals surface area contributed by atoms with Gasteiger partial charge in [0.05, 0.1) is 30.2 Å². The zero-order chi connectivity index (χ0) is 26.1. The molecule has 9 heteroatoms. The van der Waals surface area contributed by atoms with Gasteiger partial charge in [0.15, 0.2) is 0 Å². The third kappa shape index (κ3) is 7.77. The number of piperidine rings is 1. The van der Waals surface area contributed by atoms with Crippen molar-refractivity contribution in [3.05, 3.63) is 60.2 Å². The third-order valence-corrected chi connectivity index (χ3v) is 8.22. The van der Waals surface area contributed by atoms with E-state index in [4.69, 9.17) is 4.74 Å². The Morgan fingerprint density at radius 3 is 2.39 bits per heavy atom. The highest BCUT2D eigenvalue weighted by Crippen LogP contribution is 2.22. The second-order valence-electron chi connectivity index (χ2n) is 9.77. The Morgan fingerprint density at radius 2 is 1.81 bits per heavy atom. The van der Waals surface area contributed by atoms with Crippen LogP contribution >= 0.6 is 0 Å². The Hall–Kier alpha value is -2.46. The molecule has 0 aromatic heterocycles. The molecule has 8 nitrogen and oxygen atoms in total. The summed E-state index contributed by atoms with van der Waals surface area (Å²) in [7, 11) is -2.36. The topological polar surface area (TPSA) is 108 Å². The summed E-state index contributed by atoms with van der Waals surface area (Å²) in [6.45, 7) is 4.75. The number of carbonyl (C=O) groups excluding carboxylic acids is 1. The molecule has 1 aliphatic rings. The predicted molar refractivity (Wildman–Crippen MR) is 140 cm³/mol. The highest BCUT2D eigenvalue weighted by atomic mass is 32.2. The molecule has 0 spiro atoms. The van der Waals surface area contributed by atoms with Crippen LogP contribution in [0.3, 0.4) is 0 Å². The Labute approximate surface area is 215 Å². The van der Waals surface area contributed by atoms with Gasteiger partial charge in [-0.3, -0.25) is 4.79 Å². The summed E-state index contributed by atoms with van der Waals surface area (Å²) in [5.74, 6) is 0.438. The normalized spacial score (nSPS) is 18.1. The van der Waals surface area contributed by atoms with E-state index in [-0.39, 0.29) is 35.9 Å². The molecule has 0 saturated carbocycles. The highest BCUT2D eigenvalue weighted by molar-refractivity contribution is 7.89. The van der Waals surface area contributed by atoms with Gasteiger partial charge in [-0.1, -0.05) is 50.6 Å². The van der Waals surface area contributed by atoms with Gasteiger partial charge >= 0.3 is 0 Å². The molecular formula is C27H39N3O5S. The summed E-state index contributed by atoms with van der Waals surface area (Å²) in [5.41, 5.74) is 0.951. The molecule has 1 fully saturated rings. The fourth-order valence-corrected chi connectivity index (χ4v) is 6.04. The van der Waals surface area contributed by atoms with Crippen molar-refractivity contribution >= 4 is 15.9 Å². The lowest BCUT2D eigenvalue weighted by atomic mass is 9.99. The smallest absolute Gasteiger partial charge is 0.243 e. The number of ether oxygens (including phenoxy) is 1. The van der Waals surface area contributed by atoms with E-state index in [9.17, 15) is 18.3 Å². The maximum Gasteiger partial charge on any atom is 0.243 e. The van der Waals surface area contributed by atoms with Gasteiger partial charge in [0.25, 0.3) is 0 Å². The van der Waals surface area contributed by atoms with Crippen molar-refractivity contribution in [2.24, 2.45) is 5.92 Å². The molecule has 1 aliphatic heterocycles. The van der Waals surface area contributed by atoms with E-state index in [2.05, 4.69) is 10.6 Å². The molecule has 36 heavy (non-hydrogen) atoms. The van der Waals surface area contributed by atoms with Crippen molar-refractivity contribution in [3.63, 3.8) is 0 Å². The van der Waals surface area contributed by atoms with Crippen molar-refractivity contribution < 1.29 is 23.1 Å². The molecule has 1 amide bonds. The number of carbonyl (C=O) groups is 1. The average Bonchev–Trinajstić information content (AvgIpc) is 2.88. The number of nitrogens with zero attached hydrogens (tertiary/aromatic N) is 1. The van der Waals surface area contributed by atoms with E-state index in [0.29, 0.717) is 12.2 Å². The van der Waals surface area contributed by atoms with Crippen LogP contribution in [-0.4, -0.2) is 68.7 Å². The first-order chi connectivity index (χ1) is 17.2. The monoisotopic (exact) mass is 517 g/mol. The minimum atomic E-state index is -3.88. The van der Waals surface area contributed by atoms with Crippen molar-refractivity contribution in [1.29, 1.82) is 0 Å². The second kappa shape index (κ2) is 13.2. The van der Waals surface area contributed by atoms with Gasteiger partial charge in [-0.25, -0.2) is 8.42 Å². The Bertz CT molecular complexity index is 1050. The molecule has 0 aliphatic carbocycles. The van der Waals surface area contributed by atoms with Crippen molar-refractivity contribution in [3.8, 4) is 5.75 Å². The van der Waals surface area contributed by atoms with Gasteiger partial charge in [0.1, 0.15) is 5.75 Å². The minimum Gasteiger partial charge on any atom is -0.497 e. The molecule has 198 valence electrons. The molecule has 1 heterocycles. The van der Waals surface area contributed by atoms with Crippen LogP contribution in [0.5, 0.6) is 5.75 Å². The van der Waals surface area contributed by atoms with Crippen LogP contribution in [-0.2, 0) is 21.2 Å². The van der Waals surface area contributed by atoms with E-state index in [1.165, 1.54) is 23.5 Å². The lowest BCUT2D eigenvalue weighted by molar-refractivity contribution is -0.125. The molecule has 2 aromatic rings. The number of nitrogens with one attached hydrogen (secondary N) is 2. The number of methoxy groups -OCH3 is 1. The van der Waals surface area contributed by atoms with Crippen molar-refractivity contribution in [1.82, 2.24) is 14.9 Å². The molecule has 0 radical (unpaired) electrons. The van der Waals surface area contributed by atoms with Crippen LogP contribution in [0, 0.1) is 5.92 Å². The van der Waals surface area contributed by atoms with E-state index in [0.717, 1.165) is 31.4 Å². The molecule has 1 saturated heterocycles. The predicted octanol–water partition coefficient (Wildman–Crippen LogP) is 2.57. The van der Waals surface area contributed by atoms with Crippen LogP contribution in [0.4, 0.5) is 0 Å². The SMILES string of the molecule is COc1ccc(S(=O)(=O)N(CC(C)C)C[C@@H](O)[C@H](Cc2ccccc2)NC(=O)[C@@H]2CCCCN2)cc1. The molecule has 0 unspecified atom stereocenters. The first-order valence-electron chi connectivity index (χ1n) is 12.6. The average molecular weight is 518 g/mol. The highest BCUT2D eigenvalue weighted by Gasteiger charge is 2.32. The summed E-state index contributed by atoms with van der Waals surface area (Å²) >= 11 is 0. The number of benzene rings is 2. The first-order valence-corrected chi connectivity index (χ1v) is 14.0. The molecule has 3 N–H and O–H groups in total. The van der Waals surface area contributed by atoms with Gasteiger partial charge in [-0.05, 0) is 61.6 Å². The molecule has 3 atom stereocenters. The van der Waals surface area contributed by atoms with Crippen LogP contribution < -0.4 is 15.4 Å². The molecule has 3 rings (SSSR count). The van der Waals surface area contributed by atoms with Gasteiger partial charge in [0.2, 0.25) is 15.9 Å². The van der Waals surface area contributed by atoms with Crippen molar-refractivity contribution in [2.45, 2.75) is 62.6 Å². The van der Waals surface area contributed by atoms with E-state index >= 15 is 0 Å². The number of sulfonamides is 1. The lowest BCUT2D eigenvalue weighted by Crippen LogP contribution is -2.55. The van der Waals surface area contributed by atoms with Crippen LogP contribution in [0.25, 0.3) is 0 Å². The summed E-state index contributed by atoms with van der Waals surface area (Å²) in [6, 6.07) is 14.9. The van der Waals surface area contributed by atoms with Crippen LogP contribution in [0.2, 0.25) is 0 Å². The second-order valence-corrected chi connectivity index (χ2v) is 11.7. The summed E-state index contributed by atoms with van der Waals surface area (Å²) in [4.78, 5) is 13.1. The Kier molecular flexibility index (Phi) is 10.3. The zero-order valence-corrected chi connectivity index (χ0v) is 22.2. The number of hydrogen-bond donors (Lipinski definition) is 3. The van der Waals surface area contributed by atoms with Gasteiger partial charge < -0.3 is 20.5 Å². The van der Waals surface area contributed by atoms with Gasteiger partial charge in [-0.2, -0.15) is 4.31 Å². The fourth-order valence-electron chi connectivity index (χ4n) is 4.42. The van der Waals surface area contributed by atoms with Crippen molar-refractivity contribution in [2.75, 3.05) is 26.7 Å². The number of aliphatic hydroxyl groups is 1. The minimum absolute atomic E-state index is 0.0406. The fraction of sp³-hybridized carbons (Fsp3) is 0.519. The largest absolute Gasteiger partial charge is 0.497 e. The lowest BCUT2D eigenvalue weighted by Gasteiger charge is -2.32. The maximum absolute atomic E-state index is 13.5. The van der Waals surface area contributed by atoms with Gasteiger partial charge in [-0.15, -0.1) is 0 Å². The molecular weight excluding hydrogens is 478 g/mol. The number of rotatable bonds is 12. The summed E-state index contributed by atoms with van der Waals surface area (Å²) < 4.78 is 33.5. The van der Waals surface area contributed by atoms with E-state index in [1.807, 2.05) is 44.2 Å². The maximum atomic E-state index is 13.5. The Morgan fingerprint density at radius 1 is 1.11 bits per heavy atom. The quantitative estimate of drug-likeness (QED) is 0.399. The van der Waals surface area contributed by atoms with Crippen LogP contribution in [0.1, 0.15) is 38.7 Å². The van der Waals surface area contributed by atoms with Crippen LogP contribution in [0.15, 0.2) is 59.5 Å². The Balaban J connectivity index is 1.83.